The fraction of sp³-hybridized carbons (Fsp3) is 0.286. The van der Waals surface area contributed by atoms with Gasteiger partial charge in [-0.2, -0.15) is 0 Å². The second-order valence-corrected chi connectivity index (χ2v) is 6.08. The number of anilines is 1. The van der Waals surface area contributed by atoms with E-state index in [1.165, 1.54) is 6.92 Å². The Morgan fingerprint density at radius 2 is 1.79 bits per heavy atom. The van der Waals surface area contributed by atoms with Crippen LogP contribution in [0.25, 0.3) is 0 Å². The van der Waals surface area contributed by atoms with Gasteiger partial charge in [-0.3, -0.25) is 9.59 Å². The number of ketones is 1. The van der Waals surface area contributed by atoms with E-state index >= 15 is 0 Å². The highest BCUT2D eigenvalue weighted by molar-refractivity contribution is 6.12. The summed E-state index contributed by atoms with van der Waals surface area (Å²) in [6.45, 7) is 6.42. The molecule has 7 heteroatoms. The molecule has 0 bridgehead atoms. The highest BCUT2D eigenvalue weighted by Gasteiger charge is 2.16. The first-order chi connectivity index (χ1) is 13.3. The third-order valence-electron chi connectivity index (χ3n) is 4.07. The van der Waals surface area contributed by atoms with Crippen LogP contribution in [0.3, 0.4) is 0 Å². The van der Waals surface area contributed by atoms with Crippen LogP contribution >= 0.6 is 0 Å². The molecule has 1 heterocycles. The summed E-state index contributed by atoms with van der Waals surface area (Å²) in [4.78, 5) is 30.4. The van der Waals surface area contributed by atoms with Crippen molar-refractivity contribution in [2.45, 2.75) is 27.2 Å². The second-order valence-electron chi connectivity index (χ2n) is 6.08. The van der Waals surface area contributed by atoms with Gasteiger partial charge in [-0.25, -0.2) is 4.98 Å². The van der Waals surface area contributed by atoms with Crippen molar-refractivity contribution in [1.82, 2.24) is 9.88 Å². The summed E-state index contributed by atoms with van der Waals surface area (Å²) >= 11 is 0. The van der Waals surface area contributed by atoms with Crippen molar-refractivity contribution < 1.29 is 9.59 Å². The second kappa shape index (κ2) is 11.4. The first kappa shape index (κ1) is 22.7. The Hall–Kier alpha value is -3.35. The van der Waals surface area contributed by atoms with E-state index < -0.39 is 0 Å². The normalized spacial score (nSPS) is 9.68. The SMILES string of the molecule is CCN(CCc1ccc(C)c(C(C)=O)n1)C(=O)c1ccccc1N.N=CC=N. The zero-order valence-electron chi connectivity index (χ0n) is 16.5. The number of Topliss-reactive ketones (excluding diaryl/α,β-unsaturated/α-hetero) is 1. The lowest BCUT2D eigenvalue weighted by Gasteiger charge is -2.21. The van der Waals surface area contributed by atoms with Gasteiger partial charge in [-0.1, -0.05) is 18.2 Å². The van der Waals surface area contributed by atoms with E-state index in [1.807, 2.05) is 32.0 Å². The maximum atomic E-state index is 12.6. The van der Waals surface area contributed by atoms with Gasteiger partial charge in [0.05, 0.1) is 5.56 Å². The average Bonchev–Trinajstić information content (AvgIpc) is 2.69. The topological polar surface area (TPSA) is 124 Å². The van der Waals surface area contributed by atoms with Gasteiger partial charge in [0, 0.05) is 50.2 Å². The number of benzene rings is 1. The van der Waals surface area contributed by atoms with Crippen LogP contribution in [0.1, 0.15) is 46.0 Å². The number of rotatable bonds is 7. The molecule has 148 valence electrons. The summed E-state index contributed by atoms with van der Waals surface area (Å²) < 4.78 is 0. The van der Waals surface area contributed by atoms with Crippen LogP contribution in [-0.4, -0.2) is 47.1 Å². The number of amides is 1. The predicted octanol–water partition coefficient (Wildman–Crippen LogP) is 3.17. The number of hydrogen-bond donors (Lipinski definition) is 3. The van der Waals surface area contributed by atoms with Gasteiger partial charge >= 0.3 is 0 Å². The van der Waals surface area contributed by atoms with E-state index in [9.17, 15) is 9.59 Å². The van der Waals surface area contributed by atoms with Crippen molar-refractivity contribution in [3.63, 3.8) is 0 Å². The molecule has 0 aliphatic heterocycles. The third-order valence-corrected chi connectivity index (χ3v) is 4.07. The molecule has 0 aliphatic rings. The van der Waals surface area contributed by atoms with Gasteiger partial charge in [0.1, 0.15) is 5.69 Å². The van der Waals surface area contributed by atoms with Crippen LogP contribution in [0, 0.1) is 17.7 Å². The standard InChI is InChI=1S/C19H23N3O2.C2H4N2/c1-4-22(19(24)16-7-5-6-8-17(16)20)12-11-15-10-9-13(2)18(21-15)14(3)23;3-1-2-4/h5-10H,4,11-12,20H2,1-3H3;1-4H. The van der Waals surface area contributed by atoms with Gasteiger partial charge in [0.2, 0.25) is 0 Å². The Kier molecular flexibility index (Phi) is 9.22. The Morgan fingerprint density at radius 3 is 2.32 bits per heavy atom. The summed E-state index contributed by atoms with van der Waals surface area (Å²) in [5, 5.41) is 12.2. The van der Waals surface area contributed by atoms with Crippen molar-refractivity contribution in [2.75, 3.05) is 18.8 Å². The van der Waals surface area contributed by atoms with E-state index in [1.54, 1.807) is 23.1 Å². The van der Waals surface area contributed by atoms with E-state index in [4.69, 9.17) is 16.6 Å². The van der Waals surface area contributed by atoms with Gasteiger partial charge in [0.15, 0.2) is 5.78 Å². The summed E-state index contributed by atoms with van der Waals surface area (Å²) in [6.07, 6.45) is 2.42. The van der Waals surface area contributed by atoms with E-state index in [0.717, 1.165) is 23.7 Å². The largest absolute Gasteiger partial charge is 0.398 e. The Bertz CT molecular complexity index is 842. The Balaban J connectivity index is 0.000000892. The minimum absolute atomic E-state index is 0.0465. The van der Waals surface area contributed by atoms with Crippen molar-refractivity contribution in [1.29, 1.82) is 10.8 Å². The maximum Gasteiger partial charge on any atom is 0.255 e. The minimum atomic E-state index is -0.0884. The molecule has 1 aromatic carbocycles. The Labute approximate surface area is 165 Å². The number of likely N-dealkylation sites (N-methyl/N-ethyl adjacent to an activating group) is 1. The lowest BCUT2D eigenvalue weighted by molar-refractivity contribution is 0.0766. The van der Waals surface area contributed by atoms with Crippen LogP contribution in [0.2, 0.25) is 0 Å². The molecule has 0 spiro atoms. The summed E-state index contributed by atoms with van der Waals surface area (Å²) in [6, 6.07) is 10.9. The lowest BCUT2D eigenvalue weighted by Crippen LogP contribution is -2.33. The number of aromatic nitrogens is 1. The van der Waals surface area contributed by atoms with E-state index in [2.05, 4.69) is 4.98 Å². The molecular weight excluding hydrogens is 354 g/mol. The summed E-state index contributed by atoms with van der Waals surface area (Å²) in [7, 11) is 0. The monoisotopic (exact) mass is 381 g/mol. The fourth-order valence-electron chi connectivity index (χ4n) is 2.58. The maximum absolute atomic E-state index is 12.6. The number of pyridine rings is 1. The molecule has 2 rings (SSSR count). The molecule has 0 fully saturated rings. The third kappa shape index (κ3) is 6.42. The number of nitrogen functional groups attached to an aromatic ring is 1. The molecular formula is C21H27N5O2. The molecule has 0 aliphatic carbocycles. The van der Waals surface area contributed by atoms with Crippen LogP contribution in [0.15, 0.2) is 36.4 Å². The molecule has 28 heavy (non-hydrogen) atoms. The Morgan fingerprint density at radius 1 is 1.14 bits per heavy atom. The van der Waals surface area contributed by atoms with Crippen LogP contribution in [0.5, 0.6) is 0 Å². The van der Waals surface area contributed by atoms with E-state index in [0.29, 0.717) is 36.5 Å². The van der Waals surface area contributed by atoms with Crippen LogP contribution in [0.4, 0.5) is 5.69 Å². The van der Waals surface area contributed by atoms with Crippen molar-refractivity contribution in [3.05, 3.63) is 58.9 Å². The summed E-state index contributed by atoms with van der Waals surface area (Å²) in [5.41, 5.74) is 9.05. The highest BCUT2D eigenvalue weighted by Crippen LogP contribution is 2.14. The smallest absolute Gasteiger partial charge is 0.255 e. The first-order valence-electron chi connectivity index (χ1n) is 8.96. The first-order valence-corrected chi connectivity index (χ1v) is 8.96. The van der Waals surface area contributed by atoms with Gasteiger partial charge in [-0.15, -0.1) is 0 Å². The molecule has 1 aromatic heterocycles. The average molecular weight is 381 g/mol. The molecule has 0 saturated carbocycles. The number of carbonyl (C=O) groups excluding carboxylic acids is 2. The fourth-order valence-corrected chi connectivity index (χ4v) is 2.58. The number of para-hydroxylation sites is 1. The molecule has 2 aromatic rings. The highest BCUT2D eigenvalue weighted by atomic mass is 16.2. The molecule has 0 atom stereocenters. The number of nitrogens with zero attached hydrogens (tertiary/aromatic N) is 2. The molecule has 0 unspecified atom stereocenters. The minimum Gasteiger partial charge on any atom is -0.398 e. The van der Waals surface area contributed by atoms with Gasteiger partial charge in [0.25, 0.3) is 5.91 Å². The number of nitrogens with one attached hydrogen (secondary N) is 2. The predicted molar refractivity (Wildman–Crippen MR) is 113 cm³/mol. The number of aryl methyl sites for hydroxylation is 1. The van der Waals surface area contributed by atoms with Crippen molar-refractivity contribution >= 4 is 29.8 Å². The van der Waals surface area contributed by atoms with Crippen LogP contribution in [-0.2, 0) is 6.42 Å². The molecule has 4 N–H and O–H groups in total. The van der Waals surface area contributed by atoms with Gasteiger partial charge in [-0.05, 0) is 37.6 Å². The lowest BCUT2D eigenvalue weighted by atomic mass is 10.1. The number of nitrogens with two attached hydrogens (primary N) is 1. The number of hydrogen-bond acceptors (Lipinski definition) is 6. The number of carbonyl (C=O) groups is 2. The molecule has 7 nitrogen and oxygen atoms in total. The zero-order chi connectivity index (χ0) is 21.1. The molecule has 0 saturated heterocycles. The van der Waals surface area contributed by atoms with Crippen molar-refractivity contribution in [2.24, 2.45) is 0 Å². The summed E-state index contributed by atoms with van der Waals surface area (Å²) in [5.74, 6) is -0.135. The van der Waals surface area contributed by atoms with Crippen LogP contribution < -0.4 is 5.73 Å². The van der Waals surface area contributed by atoms with E-state index in [-0.39, 0.29) is 11.7 Å². The zero-order valence-corrected chi connectivity index (χ0v) is 16.5. The molecule has 1 amide bonds. The molecule has 0 radical (unpaired) electrons. The quantitative estimate of drug-likeness (QED) is 0.387. The van der Waals surface area contributed by atoms with Gasteiger partial charge < -0.3 is 21.5 Å². The van der Waals surface area contributed by atoms with Crippen molar-refractivity contribution in [3.8, 4) is 0 Å².